The topological polar surface area (TPSA) is 64.0 Å². The van der Waals surface area contributed by atoms with Gasteiger partial charge in [-0.3, -0.25) is 0 Å². The first kappa shape index (κ1) is 15.7. The Morgan fingerprint density at radius 3 is 2.41 bits per heavy atom. The van der Waals surface area contributed by atoms with Gasteiger partial charge in [0.1, 0.15) is 0 Å². The minimum atomic E-state index is -3.44. The maximum Gasteiger partial charge on any atom is 0.240 e. The van der Waals surface area contributed by atoms with E-state index < -0.39 is 10.0 Å². The molecule has 1 aliphatic carbocycles. The van der Waals surface area contributed by atoms with Crippen LogP contribution in [-0.2, 0) is 10.0 Å². The van der Waals surface area contributed by atoms with Gasteiger partial charge in [-0.15, -0.1) is 0 Å². The molecule has 1 aliphatic rings. The van der Waals surface area contributed by atoms with Crippen molar-refractivity contribution in [1.29, 1.82) is 0 Å². The maximum atomic E-state index is 12.4. The number of benzene rings is 1. The molecule has 1 fully saturated rings. The van der Waals surface area contributed by atoms with Gasteiger partial charge in [0.05, 0.1) is 21.3 Å². The van der Waals surface area contributed by atoms with Gasteiger partial charge in [0.25, 0.3) is 0 Å². The lowest BCUT2D eigenvalue weighted by Crippen LogP contribution is -2.36. The first-order valence-corrected chi connectivity index (χ1v) is 9.65. The highest BCUT2D eigenvalue weighted by atomic mass is 79.9. The Labute approximate surface area is 138 Å². The van der Waals surface area contributed by atoms with Crippen molar-refractivity contribution in [3.63, 3.8) is 0 Å². The number of nitrogens with zero attached hydrogens (tertiary/aromatic N) is 2. The maximum absolute atomic E-state index is 12.4. The van der Waals surface area contributed by atoms with Crippen LogP contribution in [0.2, 0.25) is 0 Å². The summed E-state index contributed by atoms with van der Waals surface area (Å²) in [6.07, 6.45) is 8.77. The van der Waals surface area contributed by atoms with Gasteiger partial charge in [-0.2, -0.15) is 5.10 Å². The summed E-state index contributed by atoms with van der Waals surface area (Å²) in [5, 5.41) is 4.18. The van der Waals surface area contributed by atoms with E-state index >= 15 is 0 Å². The molecule has 0 spiro atoms. The van der Waals surface area contributed by atoms with Crippen molar-refractivity contribution in [3.05, 3.63) is 41.1 Å². The average Bonchev–Trinajstić information content (AvgIpc) is 2.95. The van der Waals surface area contributed by atoms with Crippen molar-refractivity contribution < 1.29 is 8.42 Å². The first-order valence-electron chi connectivity index (χ1n) is 7.37. The van der Waals surface area contributed by atoms with Crippen LogP contribution >= 0.6 is 15.9 Å². The van der Waals surface area contributed by atoms with E-state index in [1.54, 1.807) is 35.1 Å². The van der Waals surface area contributed by atoms with Crippen molar-refractivity contribution in [3.8, 4) is 5.69 Å². The number of halogens is 1. The Bertz CT molecular complexity index is 734. The van der Waals surface area contributed by atoms with Crippen LogP contribution in [0, 0.1) is 0 Å². The lowest BCUT2D eigenvalue weighted by Gasteiger charge is -2.22. The van der Waals surface area contributed by atoms with Gasteiger partial charge < -0.3 is 0 Å². The van der Waals surface area contributed by atoms with Crippen LogP contribution < -0.4 is 4.72 Å². The Kier molecular flexibility index (Phi) is 4.65. The van der Waals surface area contributed by atoms with E-state index in [9.17, 15) is 8.42 Å². The zero-order valence-electron chi connectivity index (χ0n) is 12.1. The fourth-order valence-corrected chi connectivity index (χ4v) is 4.32. The highest BCUT2D eigenvalue weighted by Crippen LogP contribution is 2.21. The molecule has 0 saturated heterocycles. The van der Waals surface area contributed by atoms with Gasteiger partial charge in [-0.1, -0.05) is 19.3 Å². The van der Waals surface area contributed by atoms with Gasteiger partial charge in [-0.05, 0) is 53.0 Å². The van der Waals surface area contributed by atoms with E-state index in [1.165, 1.54) is 6.42 Å². The quantitative estimate of drug-likeness (QED) is 0.880. The van der Waals surface area contributed by atoms with Crippen LogP contribution in [0.1, 0.15) is 32.1 Å². The Hall–Kier alpha value is -1.18. The second-order valence-electron chi connectivity index (χ2n) is 5.55. The molecule has 5 nitrogen and oxygen atoms in total. The smallest absolute Gasteiger partial charge is 0.240 e. The summed E-state index contributed by atoms with van der Waals surface area (Å²) in [7, 11) is -3.44. The van der Waals surface area contributed by atoms with Gasteiger partial charge in [-0.25, -0.2) is 17.8 Å². The van der Waals surface area contributed by atoms with Gasteiger partial charge in [0.2, 0.25) is 10.0 Å². The van der Waals surface area contributed by atoms with Gasteiger partial charge >= 0.3 is 0 Å². The summed E-state index contributed by atoms with van der Waals surface area (Å²) in [5.74, 6) is 0. The zero-order valence-corrected chi connectivity index (χ0v) is 14.5. The summed E-state index contributed by atoms with van der Waals surface area (Å²) in [6, 6.07) is 6.83. The van der Waals surface area contributed by atoms with Crippen LogP contribution in [0.5, 0.6) is 0 Å². The molecule has 0 unspecified atom stereocenters. The molecule has 0 radical (unpaired) electrons. The summed E-state index contributed by atoms with van der Waals surface area (Å²) in [6.45, 7) is 0. The molecule has 1 N–H and O–H groups in total. The Morgan fingerprint density at radius 2 is 1.82 bits per heavy atom. The molecule has 0 bridgehead atoms. The van der Waals surface area contributed by atoms with Crippen molar-refractivity contribution in [2.45, 2.75) is 43.0 Å². The molecular formula is C15H18BrN3O2S. The minimum Gasteiger partial charge on any atom is -0.240 e. The standard InChI is InChI=1S/C15H18BrN3O2S/c16-12-10-17-19(11-12)14-6-8-15(9-7-14)22(20,21)18-13-4-2-1-3-5-13/h6-11,13,18H,1-5H2. The highest BCUT2D eigenvalue weighted by molar-refractivity contribution is 9.10. The third-order valence-corrected chi connectivity index (χ3v) is 5.84. The molecule has 1 heterocycles. The molecule has 0 aliphatic heterocycles. The van der Waals surface area contributed by atoms with E-state index in [0.29, 0.717) is 4.90 Å². The third kappa shape index (κ3) is 3.59. The lowest BCUT2D eigenvalue weighted by molar-refractivity contribution is 0.412. The Morgan fingerprint density at radius 1 is 1.14 bits per heavy atom. The Balaban J connectivity index is 1.76. The second-order valence-corrected chi connectivity index (χ2v) is 8.18. The monoisotopic (exact) mass is 383 g/mol. The third-order valence-electron chi connectivity index (χ3n) is 3.89. The van der Waals surface area contributed by atoms with Crippen LogP contribution in [0.25, 0.3) is 5.69 Å². The largest absolute Gasteiger partial charge is 0.240 e. The van der Waals surface area contributed by atoms with Crippen molar-refractivity contribution in [2.24, 2.45) is 0 Å². The lowest BCUT2D eigenvalue weighted by atomic mass is 9.96. The molecule has 118 valence electrons. The molecule has 3 rings (SSSR count). The van der Waals surface area contributed by atoms with Crippen LogP contribution in [0.15, 0.2) is 46.0 Å². The summed E-state index contributed by atoms with van der Waals surface area (Å²) in [5.41, 5.74) is 0.822. The number of hydrogen-bond acceptors (Lipinski definition) is 3. The summed E-state index contributed by atoms with van der Waals surface area (Å²) >= 11 is 3.34. The molecule has 22 heavy (non-hydrogen) atoms. The normalized spacial score (nSPS) is 16.8. The number of nitrogens with one attached hydrogen (secondary N) is 1. The molecule has 1 aromatic carbocycles. The molecule has 0 atom stereocenters. The predicted molar refractivity (Wildman–Crippen MR) is 88.5 cm³/mol. The second kappa shape index (κ2) is 6.52. The van der Waals surface area contributed by atoms with Gasteiger partial charge in [0, 0.05) is 12.2 Å². The van der Waals surface area contributed by atoms with Crippen molar-refractivity contribution in [1.82, 2.24) is 14.5 Å². The fourth-order valence-electron chi connectivity index (χ4n) is 2.73. The summed E-state index contributed by atoms with van der Waals surface area (Å²) < 4.78 is 30.2. The summed E-state index contributed by atoms with van der Waals surface area (Å²) in [4.78, 5) is 0.299. The molecule has 1 saturated carbocycles. The molecule has 7 heteroatoms. The van der Waals surface area contributed by atoms with Crippen LogP contribution in [0.3, 0.4) is 0 Å². The number of aromatic nitrogens is 2. The average molecular weight is 384 g/mol. The van der Waals surface area contributed by atoms with E-state index in [0.717, 1.165) is 35.8 Å². The van der Waals surface area contributed by atoms with E-state index in [1.807, 2.05) is 6.20 Å². The van der Waals surface area contributed by atoms with E-state index in [4.69, 9.17) is 0 Å². The van der Waals surface area contributed by atoms with Crippen LogP contribution in [0.4, 0.5) is 0 Å². The molecular weight excluding hydrogens is 366 g/mol. The minimum absolute atomic E-state index is 0.0699. The van der Waals surface area contributed by atoms with Gasteiger partial charge in [0.15, 0.2) is 0 Å². The number of sulfonamides is 1. The number of rotatable bonds is 4. The van der Waals surface area contributed by atoms with Crippen molar-refractivity contribution in [2.75, 3.05) is 0 Å². The predicted octanol–water partition coefficient (Wildman–Crippen LogP) is 3.25. The SMILES string of the molecule is O=S(=O)(NC1CCCCC1)c1ccc(-n2cc(Br)cn2)cc1. The van der Waals surface area contributed by atoms with Crippen molar-refractivity contribution >= 4 is 26.0 Å². The molecule has 0 amide bonds. The highest BCUT2D eigenvalue weighted by Gasteiger charge is 2.21. The molecule has 1 aromatic heterocycles. The zero-order chi connectivity index (χ0) is 15.6. The van der Waals surface area contributed by atoms with E-state index in [-0.39, 0.29) is 6.04 Å². The first-order chi connectivity index (χ1) is 10.5. The fraction of sp³-hybridized carbons (Fsp3) is 0.400. The van der Waals surface area contributed by atoms with Crippen LogP contribution in [-0.4, -0.2) is 24.2 Å². The number of hydrogen-bond donors (Lipinski definition) is 1. The molecule has 2 aromatic rings. The van der Waals surface area contributed by atoms with E-state index in [2.05, 4.69) is 25.8 Å².